The SMILES string of the molecule is CC(O)CC(C)CNC(=O)NC(c1ccccc1)C(C)(C)C. The molecule has 22 heavy (non-hydrogen) atoms. The number of hydrogen-bond donors (Lipinski definition) is 3. The molecule has 0 aromatic heterocycles. The van der Waals surface area contributed by atoms with Crippen molar-refractivity contribution in [3.05, 3.63) is 35.9 Å². The normalized spacial score (nSPS) is 15.7. The van der Waals surface area contributed by atoms with Crippen molar-refractivity contribution in [2.75, 3.05) is 6.54 Å². The van der Waals surface area contributed by atoms with Crippen LogP contribution < -0.4 is 10.6 Å². The summed E-state index contributed by atoms with van der Waals surface area (Å²) in [5, 5.41) is 15.3. The van der Waals surface area contributed by atoms with Crippen LogP contribution in [0.4, 0.5) is 4.79 Å². The van der Waals surface area contributed by atoms with E-state index in [0.717, 1.165) is 5.56 Å². The third-order valence-corrected chi connectivity index (χ3v) is 3.63. The zero-order valence-electron chi connectivity index (χ0n) is 14.4. The Labute approximate surface area is 134 Å². The van der Waals surface area contributed by atoms with Crippen molar-refractivity contribution >= 4 is 6.03 Å². The van der Waals surface area contributed by atoms with Crippen molar-refractivity contribution < 1.29 is 9.90 Å². The number of benzene rings is 1. The van der Waals surface area contributed by atoms with Crippen molar-refractivity contribution in [1.82, 2.24) is 10.6 Å². The molecule has 0 bridgehead atoms. The molecule has 3 N–H and O–H groups in total. The minimum Gasteiger partial charge on any atom is -0.393 e. The zero-order chi connectivity index (χ0) is 16.8. The Kier molecular flexibility index (Phi) is 6.88. The summed E-state index contributed by atoms with van der Waals surface area (Å²) < 4.78 is 0. The third kappa shape index (κ3) is 6.48. The van der Waals surface area contributed by atoms with Crippen LogP contribution >= 0.6 is 0 Å². The molecule has 0 saturated heterocycles. The van der Waals surface area contributed by atoms with Crippen molar-refractivity contribution in [3.8, 4) is 0 Å². The van der Waals surface area contributed by atoms with Gasteiger partial charge in [-0.3, -0.25) is 0 Å². The highest BCUT2D eigenvalue weighted by Gasteiger charge is 2.27. The van der Waals surface area contributed by atoms with Gasteiger partial charge in [-0.1, -0.05) is 58.0 Å². The number of aliphatic hydroxyl groups excluding tert-OH is 1. The first-order chi connectivity index (χ1) is 10.2. The molecule has 0 aliphatic carbocycles. The maximum atomic E-state index is 12.2. The van der Waals surface area contributed by atoms with E-state index in [4.69, 9.17) is 0 Å². The maximum Gasteiger partial charge on any atom is 0.315 e. The molecule has 1 aromatic carbocycles. The lowest BCUT2D eigenvalue weighted by atomic mass is 9.82. The van der Waals surface area contributed by atoms with E-state index < -0.39 is 0 Å². The standard InChI is InChI=1S/C18H30N2O2/c1-13(11-14(2)21)12-19-17(22)20-16(18(3,4)5)15-9-7-6-8-10-15/h6-10,13-14,16,21H,11-12H2,1-5H3,(H2,19,20,22). The Balaban J connectivity index is 2.62. The van der Waals surface area contributed by atoms with Gasteiger partial charge in [0.25, 0.3) is 0 Å². The van der Waals surface area contributed by atoms with Crippen molar-refractivity contribution in [1.29, 1.82) is 0 Å². The quantitative estimate of drug-likeness (QED) is 0.753. The van der Waals surface area contributed by atoms with Crippen LogP contribution in [-0.4, -0.2) is 23.8 Å². The number of aliphatic hydroxyl groups is 1. The Morgan fingerprint density at radius 2 is 1.77 bits per heavy atom. The van der Waals surface area contributed by atoms with E-state index >= 15 is 0 Å². The van der Waals surface area contributed by atoms with E-state index in [2.05, 4.69) is 31.4 Å². The topological polar surface area (TPSA) is 61.4 Å². The lowest BCUT2D eigenvalue weighted by Crippen LogP contribution is -2.43. The second-order valence-electron chi connectivity index (χ2n) is 7.25. The van der Waals surface area contributed by atoms with Gasteiger partial charge < -0.3 is 15.7 Å². The summed E-state index contributed by atoms with van der Waals surface area (Å²) in [4.78, 5) is 12.2. The van der Waals surface area contributed by atoms with E-state index in [0.29, 0.717) is 13.0 Å². The number of urea groups is 1. The number of amides is 2. The minimum absolute atomic E-state index is 0.0548. The van der Waals surface area contributed by atoms with Gasteiger partial charge >= 0.3 is 6.03 Å². The Morgan fingerprint density at radius 3 is 2.27 bits per heavy atom. The number of carbonyl (C=O) groups is 1. The van der Waals surface area contributed by atoms with Gasteiger partial charge in [0.2, 0.25) is 0 Å². The fourth-order valence-electron chi connectivity index (χ4n) is 2.56. The fourth-order valence-corrected chi connectivity index (χ4v) is 2.56. The number of nitrogens with one attached hydrogen (secondary N) is 2. The largest absolute Gasteiger partial charge is 0.393 e. The summed E-state index contributed by atoms with van der Waals surface area (Å²) >= 11 is 0. The van der Waals surface area contributed by atoms with Crippen LogP contribution in [0, 0.1) is 11.3 Å². The van der Waals surface area contributed by atoms with Gasteiger partial charge in [0.1, 0.15) is 0 Å². The predicted molar refractivity (Wildman–Crippen MR) is 90.6 cm³/mol. The summed E-state index contributed by atoms with van der Waals surface area (Å²) in [5.74, 6) is 0.246. The lowest BCUT2D eigenvalue weighted by molar-refractivity contribution is 0.162. The molecule has 0 aliphatic rings. The molecular formula is C18H30N2O2. The Hall–Kier alpha value is -1.55. The first-order valence-electron chi connectivity index (χ1n) is 7.97. The molecule has 4 heteroatoms. The van der Waals surface area contributed by atoms with Gasteiger partial charge in [0.05, 0.1) is 12.1 Å². The smallest absolute Gasteiger partial charge is 0.315 e. The van der Waals surface area contributed by atoms with Crippen LogP contribution in [0.5, 0.6) is 0 Å². The minimum atomic E-state index is -0.341. The molecule has 0 radical (unpaired) electrons. The van der Waals surface area contributed by atoms with Crippen molar-refractivity contribution in [2.24, 2.45) is 11.3 Å². The molecule has 1 rings (SSSR count). The second kappa shape index (κ2) is 8.18. The summed E-state index contributed by atoms with van der Waals surface area (Å²) in [5.41, 5.74) is 1.02. The molecule has 3 unspecified atom stereocenters. The number of rotatable bonds is 6. The van der Waals surface area contributed by atoms with Gasteiger partial charge in [0, 0.05) is 6.54 Å². The molecule has 0 fully saturated rings. The van der Waals surface area contributed by atoms with E-state index in [1.165, 1.54) is 0 Å². The molecule has 1 aromatic rings. The maximum absolute atomic E-state index is 12.2. The van der Waals surface area contributed by atoms with Crippen LogP contribution in [0.3, 0.4) is 0 Å². The highest BCUT2D eigenvalue weighted by Crippen LogP contribution is 2.32. The first kappa shape index (κ1) is 18.5. The van der Waals surface area contributed by atoms with Gasteiger partial charge in [-0.05, 0) is 30.2 Å². The molecule has 0 spiro atoms. The van der Waals surface area contributed by atoms with Gasteiger partial charge in [-0.25, -0.2) is 4.79 Å². The fraction of sp³-hybridized carbons (Fsp3) is 0.611. The summed E-state index contributed by atoms with van der Waals surface area (Å²) in [6, 6.07) is 9.79. The third-order valence-electron chi connectivity index (χ3n) is 3.63. The first-order valence-corrected chi connectivity index (χ1v) is 7.97. The average molecular weight is 306 g/mol. The molecule has 0 aliphatic heterocycles. The van der Waals surface area contributed by atoms with Crippen LogP contribution in [0.25, 0.3) is 0 Å². The second-order valence-corrected chi connectivity index (χ2v) is 7.25. The van der Waals surface area contributed by atoms with Crippen molar-refractivity contribution in [3.63, 3.8) is 0 Å². The van der Waals surface area contributed by atoms with E-state index in [9.17, 15) is 9.90 Å². The van der Waals surface area contributed by atoms with Gasteiger partial charge in [-0.15, -0.1) is 0 Å². The van der Waals surface area contributed by atoms with E-state index in [-0.39, 0.29) is 29.5 Å². The van der Waals surface area contributed by atoms with Crippen LogP contribution in [0.1, 0.15) is 52.6 Å². The Morgan fingerprint density at radius 1 is 1.18 bits per heavy atom. The highest BCUT2D eigenvalue weighted by atomic mass is 16.3. The number of carbonyl (C=O) groups excluding carboxylic acids is 1. The zero-order valence-corrected chi connectivity index (χ0v) is 14.4. The monoisotopic (exact) mass is 306 g/mol. The number of hydrogen-bond acceptors (Lipinski definition) is 2. The molecule has 0 heterocycles. The van der Waals surface area contributed by atoms with Crippen LogP contribution in [-0.2, 0) is 0 Å². The molecule has 2 amide bonds. The summed E-state index contributed by atoms with van der Waals surface area (Å²) in [6.45, 7) is 10.7. The highest BCUT2D eigenvalue weighted by molar-refractivity contribution is 5.74. The summed E-state index contributed by atoms with van der Waals surface area (Å²) in [6.07, 6.45) is 0.341. The lowest BCUT2D eigenvalue weighted by Gasteiger charge is -2.32. The van der Waals surface area contributed by atoms with Gasteiger partial charge in [0.15, 0.2) is 0 Å². The average Bonchev–Trinajstić information content (AvgIpc) is 2.41. The van der Waals surface area contributed by atoms with Crippen LogP contribution in [0.15, 0.2) is 30.3 Å². The van der Waals surface area contributed by atoms with E-state index in [1.54, 1.807) is 6.92 Å². The van der Waals surface area contributed by atoms with Crippen LogP contribution in [0.2, 0.25) is 0 Å². The summed E-state index contributed by atoms with van der Waals surface area (Å²) in [7, 11) is 0. The van der Waals surface area contributed by atoms with E-state index in [1.807, 2.05) is 37.3 Å². The van der Waals surface area contributed by atoms with Crippen molar-refractivity contribution in [2.45, 2.75) is 53.2 Å². The molecule has 0 saturated carbocycles. The molecule has 4 nitrogen and oxygen atoms in total. The van der Waals surface area contributed by atoms with Gasteiger partial charge in [-0.2, -0.15) is 0 Å². The molecule has 124 valence electrons. The Bertz CT molecular complexity index is 452. The molecular weight excluding hydrogens is 276 g/mol. The predicted octanol–water partition coefficient (Wildman–Crippen LogP) is 3.48. The molecule has 3 atom stereocenters.